The molecule has 3 saturated heterocycles. The van der Waals surface area contributed by atoms with Crippen LogP contribution in [-0.4, -0.2) is 59.4 Å². The lowest BCUT2D eigenvalue weighted by Crippen LogP contribution is -2.63. The van der Waals surface area contributed by atoms with Gasteiger partial charge in [-0.25, -0.2) is 0 Å². The lowest BCUT2D eigenvalue weighted by atomic mass is 9.96. The van der Waals surface area contributed by atoms with Crippen LogP contribution in [0.3, 0.4) is 0 Å². The second-order valence-electron chi connectivity index (χ2n) is 6.80. The normalized spacial score (nSPS) is 38.8. The van der Waals surface area contributed by atoms with Gasteiger partial charge in [-0.2, -0.15) is 0 Å². The van der Waals surface area contributed by atoms with Crippen molar-refractivity contribution >= 4 is 11.8 Å². The summed E-state index contributed by atoms with van der Waals surface area (Å²) in [5, 5.41) is 2.91. The highest BCUT2D eigenvalue weighted by atomic mass is 16.2. The zero-order valence-corrected chi connectivity index (χ0v) is 11.9. The lowest BCUT2D eigenvalue weighted by Gasteiger charge is -2.41. The maximum absolute atomic E-state index is 12.7. The highest BCUT2D eigenvalue weighted by Crippen LogP contribution is 2.37. The van der Waals surface area contributed by atoms with E-state index in [1.54, 1.807) is 0 Å². The molecule has 110 valence electrons. The molecule has 0 aromatic rings. The van der Waals surface area contributed by atoms with Crippen LogP contribution in [0.4, 0.5) is 0 Å². The molecule has 0 radical (unpaired) electrons. The van der Waals surface area contributed by atoms with E-state index >= 15 is 0 Å². The van der Waals surface area contributed by atoms with Crippen LogP contribution in [0.1, 0.15) is 38.5 Å². The van der Waals surface area contributed by atoms with E-state index in [4.69, 9.17) is 0 Å². The summed E-state index contributed by atoms with van der Waals surface area (Å²) in [6.45, 7) is 2.54. The van der Waals surface area contributed by atoms with Crippen LogP contribution in [0.25, 0.3) is 0 Å². The standard InChI is InChI=1S/C15H23N3O2/c19-13-9-18(15(20)14(16-13)10-4-5-10)12-6-8-17-7-2-1-3-11(12)17/h10-12,14H,1-9H2,(H,16,19). The topological polar surface area (TPSA) is 52.7 Å². The van der Waals surface area contributed by atoms with Gasteiger partial charge in [0.05, 0.1) is 6.54 Å². The first-order valence-electron chi connectivity index (χ1n) is 8.08. The summed E-state index contributed by atoms with van der Waals surface area (Å²) in [5.74, 6) is 0.624. The summed E-state index contributed by atoms with van der Waals surface area (Å²) < 4.78 is 0. The number of piperazine rings is 1. The van der Waals surface area contributed by atoms with Gasteiger partial charge in [-0.3, -0.25) is 14.5 Å². The van der Waals surface area contributed by atoms with Gasteiger partial charge in [-0.05, 0) is 44.6 Å². The van der Waals surface area contributed by atoms with Crippen molar-refractivity contribution in [1.29, 1.82) is 0 Å². The number of rotatable bonds is 2. The van der Waals surface area contributed by atoms with Crippen molar-refractivity contribution in [2.24, 2.45) is 5.92 Å². The molecule has 3 atom stereocenters. The molecule has 0 spiro atoms. The van der Waals surface area contributed by atoms with Gasteiger partial charge in [0.2, 0.25) is 11.8 Å². The lowest BCUT2D eigenvalue weighted by molar-refractivity contribution is -0.148. The zero-order valence-electron chi connectivity index (χ0n) is 11.9. The monoisotopic (exact) mass is 277 g/mol. The first-order chi connectivity index (χ1) is 9.74. The summed E-state index contributed by atoms with van der Waals surface area (Å²) in [5.41, 5.74) is 0. The molecule has 4 rings (SSSR count). The summed E-state index contributed by atoms with van der Waals surface area (Å²) in [6.07, 6.45) is 6.95. The second kappa shape index (κ2) is 4.72. The molecule has 3 heterocycles. The Hall–Kier alpha value is -1.10. The largest absolute Gasteiger partial charge is 0.342 e. The minimum absolute atomic E-state index is 0.0377. The molecule has 20 heavy (non-hydrogen) atoms. The van der Waals surface area contributed by atoms with Crippen molar-refractivity contribution in [3.63, 3.8) is 0 Å². The fourth-order valence-corrected chi connectivity index (χ4v) is 4.31. The molecule has 0 bridgehead atoms. The van der Waals surface area contributed by atoms with Crippen molar-refractivity contribution < 1.29 is 9.59 Å². The number of fused-ring (bicyclic) bond motifs is 1. The van der Waals surface area contributed by atoms with Gasteiger partial charge in [-0.15, -0.1) is 0 Å². The fourth-order valence-electron chi connectivity index (χ4n) is 4.31. The highest BCUT2D eigenvalue weighted by molar-refractivity contribution is 5.95. The number of amides is 2. The van der Waals surface area contributed by atoms with Crippen LogP contribution in [0, 0.1) is 5.92 Å². The predicted octanol–water partition coefficient (Wildman–Crippen LogP) is 0.350. The number of nitrogens with zero attached hydrogens (tertiary/aromatic N) is 2. The molecule has 1 N–H and O–H groups in total. The highest BCUT2D eigenvalue weighted by Gasteiger charge is 2.48. The molecule has 2 amide bonds. The van der Waals surface area contributed by atoms with Crippen LogP contribution in [0.2, 0.25) is 0 Å². The van der Waals surface area contributed by atoms with E-state index in [0.717, 1.165) is 25.8 Å². The number of piperidine rings is 1. The van der Waals surface area contributed by atoms with Crippen molar-refractivity contribution in [2.75, 3.05) is 19.6 Å². The predicted molar refractivity (Wildman–Crippen MR) is 74.0 cm³/mol. The molecule has 3 aliphatic heterocycles. The van der Waals surface area contributed by atoms with Crippen LogP contribution in [0.15, 0.2) is 0 Å². The maximum atomic E-state index is 12.7. The smallest absolute Gasteiger partial charge is 0.246 e. The first kappa shape index (κ1) is 12.6. The molecule has 1 aliphatic carbocycles. The third-order valence-electron chi connectivity index (χ3n) is 5.49. The molecular weight excluding hydrogens is 254 g/mol. The number of carbonyl (C=O) groups is 2. The third-order valence-corrected chi connectivity index (χ3v) is 5.49. The van der Waals surface area contributed by atoms with Gasteiger partial charge in [-0.1, -0.05) is 6.42 Å². The van der Waals surface area contributed by atoms with Gasteiger partial charge in [0.1, 0.15) is 6.04 Å². The van der Waals surface area contributed by atoms with E-state index in [2.05, 4.69) is 10.2 Å². The molecule has 4 fully saturated rings. The molecular formula is C15H23N3O2. The Morgan fingerprint density at radius 2 is 1.80 bits per heavy atom. The molecule has 4 aliphatic rings. The van der Waals surface area contributed by atoms with E-state index in [0.29, 0.717) is 12.0 Å². The van der Waals surface area contributed by atoms with E-state index in [1.807, 2.05) is 4.90 Å². The SMILES string of the molecule is O=C1CN(C2CCN3CCCCC23)C(=O)C(C2CC2)N1. The summed E-state index contributed by atoms with van der Waals surface area (Å²) >= 11 is 0. The van der Waals surface area contributed by atoms with E-state index in [-0.39, 0.29) is 30.4 Å². The minimum Gasteiger partial charge on any atom is -0.342 e. The molecule has 0 aromatic heterocycles. The summed E-state index contributed by atoms with van der Waals surface area (Å²) in [4.78, 5) is 29.1. The molecule has 0 aromatic carbocycles. The minimum atomic E-state index is -0.228. The van der Waals surface area contributed by atoms with Crippen LogP contribution < -0.4 is 5.32 Å². The Kier molecular flexibility index (Phi) is 2.98. The second-order valence-corrected chi connectivity index (χ2v) is 6.80. The van der Waals surface area contributed by atoms with E-state index in [1.165, 1.54) is 25.8 Å². The average molecular weight is 277 g/mol. The van der Waals surface area contributed by atoms with E-state index in [9.17, 15) is 9.59 Å². The summed E-state index contributed by atoms with van der Waals surface area (Å²) in [6, 6.07) is 0.544. The molecule has 1 saturated carbocycles. The Morgan fingerprint density at radius 1 is 0.950 bits per heavy atom. The maximum Gasteiger partial charge on any atom is 0.246 e. The van der Waals surface area contributed by atoms with Crippen molar-refractivity contribution in [3.05, 3.63) is 0 Å². The number of hydrogen-bond donors (Lipinski definition) is 1. The molecule has 3 unspecified atom stereocenters. The van der Waals surface area contributed by atoms with Crippen LogP contribution in [0.5, 0.6) is 0 Å². The Morgan fingerprint density at radius 3 is 2.60 bits per heavy atom. The van der Waals surface area contributed by atoms with Crippen LogP contribution in [-0.2, 0) is 9.59 Å². The number of hydrogen-bond acceptors (Lipinski definition) is 3. The first-order valence-corrected chi connectivity index (χ1v) is 8.08. The van der Waals surface area contributed by atoms with Gasteiger partial charge in [0.15, 0.2) is 0 Å². The summed E-state index contributed by atoms with van der Waals surface area (Å²) in [7, 11) is 0. The third kappa shape index (κ3) is 2.03. The van der Waals surface area contributed by atoms with Gasteiger partial charge >= 0.3 is 0 Å². The Balaban J connectivity index is 1.54. The van der Waals surface area contributed by atoms with Crippen LogP contribution >= 0.6 is 0 Å². The molecule has 5 heteroatoms. The zero-order chi connectivity index (χ0) is 13.7. The fraction of sp³-hybridized carbons (Fsp3) is 0.867. The Bertz CT molecular complexity index is 435. The van der Waals surface area contributed by atoms with Gasteiger partial charge in [0, 0.05) is 18.6 Å². The Labute approximate surface area is 119 Å². The van der Waals surface area contributed by atoms with Gasteiger partial charge < -0.3 is 10.2 Å². The van der Waals surface area contributed by atoms with E-state index < -0.39 is 0 Å². The quantitative estimate of drug-likeness (QED) is 0.792. The van der Waals surface area contributed by atoms with Crippen molar-refractivity contribution in [2.45, 2.75) is 56.7 Å². The number of nitrogens with one attached hydrogen (secondary N) is 1. The average Bonchev–Trinajstić information content (AvgIpc) is 3.21. The number of carbonyl (C=O) groups excluding carboxylic acids is 2. The van der Waals surface area contributed by atoms with Gasteiger partial charge in [0.25, 0.3) is 0 Å². The molecule has 5 nitrogen and oxygen atoms in total. The van der Waals surface area contributed by atoms with Crippen molar-refractivity contribution in [3.8, 4) is 0 Å². The van der Waals surface area contributed by atoms with Crippen molar-refractivity contribution in [1.82, 2.24) is 15.1 Å².